The lowest BCUT2D eigenvalue weighted by Gasteiger charge is -2.12. The van der Waals surface area contributed by atoms with Crippen LogP contribution in [0.1, 0.15) is 5.56 Å². The Morgan fingerprint density at radius 3 is 2.69 bits per heavy atom. The summed E-state index contributed by atoms with van der Waals surface area (Å²) in [6, 6.07) is 25.3. The third-order valence-electron chi connectivity index (χ3n) is 5.02. The van der Waals surface area contributed by atoms with Crippen molar-refractivity contribution in [3.8, 4) is 17.0 Å². The summed E-state index contributed by atoms with van der Waals surface area (Å²) >= 11 is 6.14. The maximum atomic E-state index is 10.7. The summed E-state index contributed by atoms with van der Waals surface area (Å²) in [4.78, 5) is 4.84. The molecule has 0 fully saturated rings. The first-order chi connectivity index (χ1) is 14.2. The summed E-state index contributed by atoms with van der Waals surface area (Å²) in [5.41, 5.74) is 3.31. The number of anilines is 1. The van der Waals surface area contributed by atoms with Crippen LogP contribution in [0.15, 0.2) is 85.1 Å². The molecule has 0 bridgehead atoms. The lowest BCUT2D eigenvalue weighted by molar-refractivity contribution is 0.478. The number of nitrogens with zero attached hydrogens (tertiary/aromatic N) is 2. The molecular formula is C24H18ClN3O. The Labute approximate surface area is 173 Å². The van der Waals surface area contributed by atoms with Crippen molar-refractivity contribution in [2.45, 2.75) is 6.54 Å². The zero-order valence-corrected chi connectivity index (χ0v) is 16.3. The van der Waals surface area contributed by atoms with Gasteiger partial charge in [-0.25, -0.2) is 4.98 Å². The fraction of sp³-hybridized carbons (Fsp3) is 0.0417. The van der Waals surface area contributed by atoms with E-state index in [0.717, 1.165) is 33.4 Å². The zero-order valence-electron chi connectivity index (χ0n) is 15.5. The van der Waals surface area contributed by atoms with Crippen LogP contribution in [0.3, 0.4) is 0 Å². The van der Waals surface area contributed by atoms with Crippen molar-refractivity contribution in [2.24, 2.45) is 0 Å². The highest BCUT2D eigenvalue weighted by Gasteiger charge is 2.19. The smallest absolute Gasteiger partial charge is 0.139 e. The first kappa shape index (κ1) is 17.6. The van der Waals surface area contributed by atoms with Crippen LogP contribution in [0, 0.1) is 0 Å². The predicted molar refractivity (Wildman–Crippen MR) is 119 cm³/mol. The highest BCUT2D eigenvalue weighted by Crippen LogP contribution is 2.40. The molecule has 5 rings (SSSR count). The molecule has 0 unspecified atom stereocenters. The second-order valence-corrected chi connectivity index (χ2v) is 7.34. The number of rotatable bonds is 4. The molecule has 5 aromatic rings. The molecule has 0 spiro atoms. The van der Waals surface area contributed by atoms with Gasteiger partial charge in [0.05, 0.1) is 5.56 Å². The van der Waals surface area contributed by atoms with Gasteiger partial charge >= 0.3 is 0 Å². The van der Waals surface area contributed by atoms with E-state index in [-0.39, 0.29) is 5.75 Å². The number of phenolic OH excluding ortho intramolecular Hbond substituents is 1. The average Bonchev–Trinajstić information content (AvgIpc) is 3.10. The molecule has 2 heterocycles. The lowest BCUT2D eigenvalue weighted by atomic mass is 10.0. The van der Waals surface area contributed by atoms with Crippen molar-refractivity contribution in [1.29, 1.82) is 0 Å². The Morgan fingerprint density at radius 1 is 0.931 bits per heavy atom. The van der Waals surface area contributed by atoms with Gasteiger partial charge in [0.2, 0.25) is 0 Å². The Bertz CT molecular complexity index is 1340. The van der Waals surface area contributed by atoms with Crippen LogP contribution in [0.25, 0.3) is 27.7 Å². The number of hydrogen-bond acceptors (Lipinski definition) is 3. The number of benzene rings is 3. The van der Waals surface area contributed by atoms with E-state index in [1.54, 1.807) is 6.07 Å². The van der Waals surface area contributed by atoms with Crippen LogP contribution in [-0.2, 0) is 6.54 Å². The minimum Gasteiger partial charge on any atom is -0.507 e. The van der Waals surface area contributed by atoms with Crippen molar-refractivity contribution in [3.05, 3.63) is 95.6 Å². The van der Waals surface area contributed by atoms with Gasteiger partial charge in [0.1, 0.15) is 22.9 Å². The number of aromatic nitrogens is 2. The molecule has 0 radical (unpaired) electrons. The van der Waals surface area contributed by atoms with Crippen LogP contribution in [-0.4, -0.2) is 14.5 Å². The second kappa shape index (κ2) is 7.15. The summed E-state index contributed by atoms with van der Waals surface area (Å²) < 4.78 is 2.00. The van der Waals surface area contributed by atoms with Crippen LogP contribution in [0.4, 0.5) is 5.82 Å². The summed E-state index contributed by atoms with van der Waals surface area (Å²) in [6.45, 7) is 0.585. The number of aromatic hydroxyl groups is 1. The second-order valence-electron chi connectivity index (χ2n) is 6.90. The van der Waals surface area contributed by atoms with Gasteiger partial charge in [-0.1, -0.05) is 60.1 Å². The molecule has 29 heavy (non-hydrogen) atoms. The van der Waals surface area contributed by atoms with E-state index in [9.17, 15) is 5.11 Å². The van der Waals surface area contributed by atoms with Gasteiger partial charge in [0.15, 0.2) is 0 Å². The molecule has 2 N–H and O–H groups in total. The van der Waals surface area contributed by atoms with Crippen molar-refractivity contribution >= 4 is 33.8 Å². The van der Waals surface area contributed by atoms with Gasteiger partial charge in [-0.2, -0.15) is 0 Å². The first-order valence-electron chi connectivity index (χ1n) is 9.37. The molecule has 0 saturated carbocycles. The number of fused-ring (bicyclic) bond motifs is 2. The molecule has 5 heteroatoms. The van der Waals surface area contributed by atoms with Gasteiger partial charge in [0.25, 0.3) is 0 Å². The van der Waals surface area contributed by atoms with Crippen molar-refractivity contribution in [2.75, 3.05) is 5.32 Å². The minimum absolute atomic E-state index is 0.206. The molecule has 0 saturated heterocycles. The van der Waals surface area contributed by atoms with E-state index in [0.29, 0.717) is 17.3 Å². The Morgan fingerprint density at radius 2 is 1.79 bits per heavy atom. The quantitative estimate of drug-likeness (QED) is 0.382. The largest absolute Gasteiger partial charge is 0.507 e. The maximum absolute atomic E-state index is 10.7. The topological polar surface area (TPSA) is 49.6 Å². The number of pyridine rings is 1. The number of imidazole rings is 1. The zero-order chi connectivity index (χ0) is 19.8. The molecule has 0 amide bonds. The minimum atomic E-state index is 0.206. The Balaban J connectivity index is 1.69. The van der Waals surface area contributed by atoms with Crippen LogP contribution < -0.4 is 5.32 Å². The molecule has 0 aliphatic carbocycles. The standard InChI is InChI=1S/C24H18ClN3O/c25-18-8-5-6-16(14-18)15-26-24-23(27-21-10-3-4-13-28(21)24)22-19-9-2-1-7-17(19)11-12-20(22)29/h1-14,26,29H,15H2. The Hall–Kier alpha value is -3.50. The van der Waals surface area contributed by atoms with Gasteiger partial charge in [-0.05, 0) is 46.7 Å². The number of halogens is 1. The highest BCUT2D eigenvalue weighted by atomic mass is 35.5. The van der Waals surface area contributed by atoms with E-state index in [1.807, 2.05) is 83.4 Å². The van der Waals surface area contributed by atoms with Crippen molar-refractivity contribution < 1.29 is 5.11 Å². The molecular weight excluding hydrogens is 382 g/mol. The van der Waals surface area contributed by atoms with E-state index < -0.39 is 0 Å². The molecule has 3 aromatic carbocycles. The van der Waals surface area contributed by atoms with Gasteiger partial charge in [-0.3, -0.25) is 4.40 Å². The van der Waals surface area contributed by atoms with Crippen LogP contribution >= 0.6 is 11.6 Å². The number of nitrogens with one attached hydrogen (secondary N) is 1. The fourth-order valence-corrected chi connectivity index (χ4v) is 3.89. The lowest BCUT2D eigenvalue weighted by Crippen LogP contribution is -2.03. The molecule has 0 aliphatic heterocycles. The molecule has 0 aliphatic rings. The fourth-order valence-electron chi connectivity index (χ4n) is 3.68. The van der Waals surface area contributed by atoms with E-state index in [4.69, 9.17) is 16.6 Å². The van der Waals surface area contributed by atoms with Crippen molar-refractivity contribution in [3.63, 3.8) is 0 Å². The maximum Gasteiger partial charge on any atom is 0.139 e. The molecule has 142 valence electrons. The number of hydrogen-bond donors (Lipinski definition) is 2. The van der Waals surface area contributed by atoms with Gasteiger partial charge < -0.3 is 10.4 Å². The van der Waals surface area contributed by atoms with Crippen LogP contribution in [0.5, 0.6) is 5.75 Å². The monoisotopic (exact) mass is 399 g/mol. The SMILES string of the molecule is Oc1ccc2ccccc2c1-c1nc2ccccn2c1NCc1cccc(Cl)c1. The summed E-state index contributed by atoms with van der Waals surface area (Å²) in [6.07, 6.45) is 1.97. The normalized spacial score (nSPS) is 11.2. The molecule has 2 aromatic heterocycles. The van der Waals surface area contributed by atoms with Gasteiger partial charge in [-0.15, -0.1) is 0 Å². The summed E-state index contributed by atoms with van der Waals surface area (Å²) in [7, 11) is 0. The predicted octanol–water partition coefficient (Wildman–Crippen LogP) is 6.13. The highest BCUT2D eigenvalue weighted by molar-refractivity contribution is 6.30. The molecule has 4 nitrogen and oxygen atoms in total. The number of phenols is 1. The first-order valence-corrected chi connectivity index (χ1v) is 9.75. The third-order valence-corrected chi connectivity index (χ3v) is 5.26. The Kier molecular flexibility index (Phi) is 4.34. The van der Waals surface area contributed by atoms with E-state index in [1.165, 1.54) is 0 Å². The van der Waals surface area contributed by atoms with Crippen LogP contribution in [0.2, 0.25) is 5.02 Å². The van der Waals surface area contributed by atoms with Gasteiger partial charge in [0, 0.05) is 17.8 Å². The summed E-state index contributed by atoms with van der Waals surface area (Å²) in [5, 5.41) is 17.0. The average molecular weight is 400 g/mol. The van der Waals surface area contributed by atoms with E-state index >= 15 is 0 Å². The third kappa shape index (κ3) is 3.18. The summed E-state index contributed by atoms with van der Waals surface area (Å²) in [5.74, 6) is 1.03. The van der Waals surface area contributed by atoms with E-state index in [2.05, 4.69) is 5.32 Å². The van der Waals surface area contributed by atoms with Crippen molar-refractivity contribution in [1.82, 2.24) is 9.38 Å². The molecule has 0 atom stereocenters.